The minimum atomic E-state index is -3.68. The quantitative estimate of drug-likeness (QED) is 0.730. The van der Waals surface area contributed by atoms with E-state index in [0.717, 1.165) is 30.3 Å². The second-order valence-electron chi connectivity index (χ2n) is 6.33. The molecule has 1 fully saturated rings. The van der Waals surface area contributed by atoms with Gasteiger partial charge >= 0.3 is 11.7 Å². The van der Waals surface area contributed by atoms with Gasteiger partial charge in [-0.3, -0.25) is 9.36 Å². The third kappa shape index (κ3) is 3.28. The number of hydrogen-bond acceptors (Lipinski definition) is 6. The normalized spacial score (nSPS) is 18.9. The van der Waals surface area contributed by atoms with Crippen molar-refractivity contribution in [3.63, 3.8) is 0 Å². The number of ether oxygens (including phenoxy) is 1. The van der Waals surface area contributed by atoms with Crippen molar-refractivity contribution in [1.29, 1.82) is 0 Å². The summed E-state index contributed by atoms with van der Waals surface area (Å²) >= 11 is 0. The fraction of sp³-hybridized carbons (Fsp3) is 0.529. The third-order valence-corrected chi connectivity index (χ3v) is 6.75. The lowest BCUT2D eigenvalue weighted by Gasteiger charge is -2.34. The maximum absolute atomic E-state index is 13.0. The van der Waals surface area contributed by atoms with E-state index in [9.17, 15) is 18.0 Å². The molecule has 0 bridgehead atoms. The first-order valence-electron chi connectivity index (χ1n) is 8.60. The van der Waals surface area contributed by atoms with Gasteiger partial charge in [-0.2, -0.15) is 4.31 Å². The van der Waals surface area contributed by atoms with Crippen LogP contribution in [0.2, 0.25) is 0 Å². The lowest BCUT2D eigenvalue weighted by Crippen LogP contribution is -2.43. The van der Waals surface area contributed by atoms with Gasteiger partial charge in [-0.15, -0.1) is 0 Å². The van der Waals surface area contributed by atoms with Crippen molar-refractivity contribution in [3.8, 4) is 0 Å². The maximum atomic E-state index is 13.0. The number of piperidine rings is 1. The van der Waals surface area contributed by atoms with Crippen molar-refractivity contribution < 1.29 is 22.4 Å². The first-order chi connectivity index (χ1) is 12.4. The van der Waals surface area contributed by atoms with Gasteiger partial charge in [0.2, 0.25) is 10.0 Å². The molecule has 0 N–H and O–H groups in total. The SMILES string of the molecule is CC[C@@H]1CCCCN1S(=O)(=O)c1ccc2c(c1)oc(=O)n2CC(=O)OC. The summed E-state index contributed by atoms with van der Waals surface area (Å²) in [5, 5.41) is 0. The second kappa shape index (κ2) is 7.24. The topological polar surface area (TPSA) is 98.8 Å². The molecule has 1 atom stereocenters. The predicted octanol–water partition coefficient (Wildman–Crippen LogP) is 1.72. The largest absolute Gasteiger partial charge is 0.468 e. The lowest BCUT2D eigenvalue weighted by molar-refractivity contribution is -0.141. The van der Waals surface area contributed by atoms with Gasteiger partial charge in [-0.05, 0) is 31.4 Å². The first-order valence-corrected chi connectivity index (χ1v) is 10.0. The minimum absolute atomic E-state index is 0.0135. The van der Waals surface area contributed by atoms with Gasteiger partial charge in [0.25, 0.3) is 0 Å². The van der Waals surface area contributed by atoms with Crippen molar-refractivity contribution in [2.45, 2.75) is 50.1 Å². The summed E-state index contributed by atoms with van der Waals surface area (Å²) in [6, 6.07) is 4.27. The van der Waals surface area contributed by atoms with Gasteiger partial charge in [-0.1, -0.05) is 13.3 Å². The van der Waals surface area contributed by atoms with E-state index >= 15 is 0 Å². The number of sulfonamides is 1. The zero-order valence-corrected chi connectivity index (χ0v) is 15.6. The zero-order chi connectivity index (χ0) is 18.9. The molecule has 0 spiro atoms. The molecular formula is C17H22N2O6S. The van der Waals surface area contributed by atoms with E-state index in [2.05, 4.69) is 4.74 Å². The molecule has 1 saturated heterocycles. The van der Waals surface area contributed by atoms with Gasteiger partial charge in [0, 0.05) is 18.7 Å². The van der Waals surface area contributed by atoms with Crippen molar-refractivity contribution in [3.05, 3.63) is 28.7 Å². The summed E-state index contributed by atoms with van der Waals surface area (Å²) in [7, 11) is -2.45. The highest BCUT2D eigenvalue weighted by molar-refractivity contribution is 7.89. The smallest absolute Gasteiger partial charge is 0.420 e. The van der Waals surface area contributed by atoms with Gasteiger partial charge in [0.15, 0.2) is 5.58 Å². The zero-order valence-electron chi connectivity index (χ0n) is 14.8. The van der Waals surface area contributed by atoms with E-state index < -0.39 is 21.7 Å². The van der Waals surface area contributed by atoms with Crippen molar-refractivity contribution in [1.82, 2.24) is 8.87 Å². The molecule has 0 aliphatic carbocycles. The minimum Gasteiger partial charge on any atom is -0.468 e. The second-order valence-corrected chi connectivity index (χ2v) is 8.22. The molecule has 1 aliphatic heterocycles. The number of benzene rings is 1. The number of nitrogens with zero attached hydrogens (tertiary/aromatic N) is 2. The predicted molar refractivity (Wildman–Crippen MR) is 94.3 cm³/mol. The average Bonchev–Trinajstić information content (AvgIpc) is 2.96. The summed E-state index contributed by atoms with van der Waals surface area (Å²) in [6.45, 7) is 2.18. The standard InChI is InChI=1S/C17H22N2O6S/c1-3-12-6-4-5-9-19(12)26(22,23)13-7-8-14-15(10-13)25-17(21)18(14)11-16(20)24-2/h7-8,10,12H,3-6,9,11H2,1-2H3/t12-/m1/s1. The van der Waals surface area contributed by atoms with Crippen LogP contribution in [0.3, 0.4) is 0 Å². The van der Waals surface area contributed by atoms with Crippen LogP contribution in [0, 0.1) is 0 Å². The van der Waals surface area contributed by atoms with E-state index in [0.29, 0.717) is 12.1 Å². The molecule has 0 amide bonds. The Hall–Kier alpha value is -2.13. The molecule has 9 heteroatoms. The molecule has 8 nitrogen and oxygen atoms in total. The molecule has 0 radical (unpaired) electrons. The molecule has 0 unspecified atom stereocenters. The molecular weight excluding hydrogens is 360 g/mol. The molecule has 142 valence electrons. The summed E-state index contributed by atoms with van der Waals surface area (Å²) in [4.78, 5) is 23.5. The van der Waals surface area contributed by atoms with Gasteiger partial charge in [0.05, 0.1) is 17.5 Å². The number of carbonyl (C=O) groups excluding carboxylic acids is 1. The van der Waals surface area contributed by atoms with Crippen LogP contribution in [0.1, 0.15) is 32.6 Å². The number of carbonyl (C=O) groups is 1. The lowest BCUT2D eigenvalue weighted by atomic mass is 10.0. The molecule has 3 rings (SSSR count). The van der Waals surface area contributed by atoms with E-state index in [1.807, 2.05) is 6.92 Å². The van der Waals surface area contributed by atoms with E-state index in [1.54, 1.807) is 4.31 Å². The fourth-order valence-corrected chi connectivity index (χ4v) is 5.17. The average molecular weight is 382 g/mol. The molecule has 1 aromatic heterocycles. The van der Waals surface area contributed by atoms with Crippen LogP contribution in [-0.2, 0) is 26.1 Å². The third-order valence-electron chi connectivity index (χ3n) is 4.81. The van der Waals surface area contributed by atoms with Crippen molar-refractivity contribution >= 4 is 27.1 Å². The highest BCUT2D eigenvalue weighted by atomic mass is 32.2. The summed E-state index contributed by atoms with van der Waals surface area (Å²) in [5.74, 6) is -1.32. The van der Waals surface area contributed by atoms with E-state index in [-0.39, 0.29) is 23.1 Å². The summed E-state index contributed by atoms with van der Waals surface area (Å²) < 4.78 is 38.4. The van der Waals surface area contributed by atoms with Crippen LogP contribution in [-0.4, -0.2) is 43.0 Å². The summed E-state index contributed by atoms with van der Waals surface area (Å²) in [6.07, 6.45) is 3.46. The van der Waals surface area contributed by atoms with E-state index in [1.165, 1.54) is 25.3 Å². The molecule has 1 aliphatic rings. The Balaban J connectivity index is 2.01. The van der Waals surface area contributed by atoms with Crippen LogP contribution in [0.15, 0.2) is 32.3 Å². The number of rotatable bonds is 5. The number of oxazole rings is 1. The van der Waals surface area contributed by atoms with Crippen LogP contribution in [0.5, 0.6) is 0 Å². The Kier molecular flexibility index (Phi) is 5.19. The van der Waals surface area contributed by atoms with Crippen molar-refractivity contribution in [2.24, 2.45) is 0 Å². The first kappa shape index (κ1) is 18.7. The van der Waals surface area contributed by atoms with Crippen LogP contribution < -0.4 is 5.76 Å². The van der Waals surface area contributed by atoms with Crippen LogP contribution in [0.25, 0.3) is 11.1 Å². The highest BCUT2D eigenvalue weighted by Crippen LogP contribution is 2.28. The Morgan fingerprint density at radius 3 is 2.81 bits per heavy atom. The van der Waals surface area contributed by atoms with Crippen LogP contribution in [0.4, 0.5) is 0 Å². The summed E-state index contributed by atoms with van der Waals surface area (Å²) in [5.41, 5.74) is 0.482. The van der Waals surface area contributed by atoms with Crippen molar-refractivity contribution in [2.75, 3.05) is 13.7 Å². The highest BCUT2D eigenvalue weighted by Gasteiger charge is 2.33. The molecule has 26 heavy (non-hydrogen) atoms. The maximum Gasteiger partial charge on any atom is 0.420 e. The number of esters is 1. The number of fused-ring (bicyclic) bond motifs is 1. The Labute approximate surface area is 151 Å². The molecule has 0 saturated carbocycles. The Bertz CT molecular complexity index is 975. The monoisotopic (exact) mass is 382 g/mol. The Morgan fingerprint density at radius 2 is 2.12 bits per heavy atom. The number of hydrogen-bond donors (Lipinski definition) is 0. The molecule has 2 aromatic rings. The van der Waals surface area contributed by atoms with E-state index in [4.69, 9.17) is 4.42 Å². The van der Waals surface area contributed by atoms with Gasteiger partial charge in [-0.25, -0.2) is 13.2 Å². The van der Waals surface area contributed by atoms with Crippen LogP contribution >= 0.6 is 0 Å². The molecule has 2 heterocycles. The number of methoxy groups -OCH3 is 1. The van der Waals surface area contributed by atoms with Gasteiger partial charge in [0.1, 0.15) is 6.54 Å². The molecule has 1 aromatic carbocycles. The number of aromatic nitrogens is 1. The van der Waals surface area contributed by atoms with Gasteiger partial charge < -0.3 is 9.15 Å². The fourth-order valence-electron chi connectivity index (χ4n) is 3.38. The Morgan fingerprint density at radius 1 is 1.35 bits per heavy atom.